The Morgan fingerprint density at radius 3 is 2.39 bits per heavy atom. The van der Waals surface area contributed by atoms with E-state index in [0.29, 0.717) is 24.4 Å². The zero-order chi connectivity index (χ0) is 26.0. The van der Waals surface area contributed by atoms with Gasteiger partial charge in [-0.15, -0.1) is 0 Å². The molecule has 3 rings (SSSR count). The number of nitrogens with two attached hydrogens (primary N) is 1. The first-order valence-corrected chi connectivity index (χ1v) is 12.2. The van der Waals surface area contributed by atoms with Crippen molar-refractivity contribution in [1.82, 2.24) is 15.3 Å². The van der Waals surface area contributed by atoms with Crippen molar-refractivity contribution in [2.75, 3.05) is 18.4 Å². The number of nitrogens with zero attached hydrogens (tertiary/aromatic N) is 2. The zero-order valence-corrected chi connectivity index (χ0v) is 21.2. The van der Waals surface area contributed by atoms with Crippen LogP contribution in [0.3, 0.4) is 0 Å². The van der Waals surface area contributed by atoms with Crippen LogP contribution in [0.4, 0.5) is 10.6 Å². The van der Waals surface area contributed by atoms with E-state index in [4.69, 9.17) is 15.2 Å². The minimum Gasteiger partial charge on any atom is -0.484 e. The number of carbonyl (C=O) groups is 2. The number of carbonyl (C=O) groups excluding carboxylic acids is 2. The second-order valence-corrected chi connectivity index (χ2v) is 9.45. The first-order chi connectivity index (χ1) is 17.2. The predicted molar refractivity (Wildman–Crippen MR) is 140 cm³/mol. The number of ether oxygens (including phenoxy) is 2. The third-order valence-corrected chi connectivity index (χ3v) is 5.24. The molecule has 0 spiro atoms. The molecule has 0 saturated heterocycles. The molecule has 0 bridgehead atoms. The summed E-state index contributed by atoms with van der Waals surface area (Å²) in [5.74, 6) is 0.154. The molecule has 3 aromatic rings. The molecule has 0 fully saturated rings. The molecule has 0 unspecified atom stereocenters. The highest BCUT2D eigenvalue weighted by Crippen LogP contribution is 2.32. The van der Waals surface area contributed by atoms with E-state index in [9.17, 15) is 9.59 Å². The molecule has 4 N–H and O–H groups in total. The van der Waals surface area contributed by atoms with E-state index in [1.807, 2.05) is 63.2 Å². The van der Waals surface area contributed by atoms with Gasteiger partial charge in [-0.1, -0.05) is 43.2 Å². The van der Waals surface area contributed by atoms with Crippen molar-refractivity contribution in [3.63, 3.8) is 0 Å². The molecule has 192 valence electrons. The summed E-state index contributed by atoms with van der Waals surface area (Å²) in [6.45, 7) is 7.03. The highest BCUT2D eigenvalue weighted by molar-refractivity contribution is 6.03. The van der Waals surface area contributed by atoms with Gasteiger partial charge in [-0.2, -0.15) is 0 Å². The molecule has 0 atom stereocenters. The van der Waals surface area contributed by atoms with E-state index >= 15 is 0 Å². The van der Waals surface area contributed by atoms with Crippen LogP contribution in [0.2, 0.25) is 0 Å². The van der Waals surface area contributed by atoms with Crippen molar-refractivity contribution >= 4 is 28.7 Å². The maximum atomic E-state index is 12.2. The third kappa shape index (κ3) is 8.11. The number of benzene rings is 1. The van der Waals surface area contributed by atoms with Gasteiger partial charge in [0, 0.05) is 24.7 Å². The number of nitrogens with one attached hydrogen (secondary N) is 2. The average molecular weight is 494 g/mol. The molecule has 2 aromatic heterocycles. The van der Waals surface area contributed by atoms with Gasteiger partial charge in [0.2, 0.25) is 0 Å². The summed E-state index contributed by atoms with van der Waals surface area (Å²) in [7, 11) is 0. The van der Waals surface area contributed by atoms with Crippen molar-refractivity contribution in [3.05, 3.63) is 59.9 Å². The average Bonchev–Trinajstić information content (AvgIpc) is 2.84. The monoisotopic (exact) mass is 493 g/mol. The van der Waals surface area contributed by atoms with Crippen LogP contribution in [0.1, 0.15) is 62.5 Å². The Hall–Kier alpha value is -3.88. The van der Waals surface area contributed by atoms with Gasteiger partial charge in [0.15, 0.2) is 11.4 Å². The summed E-state index contributed by atoms with van der Waals surface area (Å²) in [6.07, 6.45) is 4.96. The molecule has 0 saturated carbocycles. The summed E-state index contributed by atoms with van der Waals surface area (Å²) in [5.41, 5.74) is 6.69. The maximum absolute atomic E-state index is 12.2. The molecular formula is C27H35N5O4. The quantitative estimate of drug-likeness (QED) is 0.309. The fourth-order valence-corrected chi connectivity index (χ4v) is 3.60. The van der Waals surface area contributed by atoms with Gasteiger partial charge in [0.05, 0.1) is 0 Å². The lowest BCUT2D eigenvalue weighted by molar-refractivity contribution is 0.0526. The Bertz CT molecular complexity index is 1160. The number of hydrogen-bond acceptors (Lipinski definition) is 7. The van der Waals surface area contributed by atoms with Gasteiger partial charge in [0.25, 0.3) is 5.91 Å². The van der Waals surface area contributed by atoms with Crippen LogP contribution in [0.25, 0.3) is 10.9 Å². The maximum Gasteiger partial charge on any atom is 0.407 e. The highest BCUT2D eigenvalue weighted by Gasteiger charge is 2.20. The lowest BCUT2D eigenvalue weighted by Gasteiger charge is -2.19. The highest BCUT2D eigenvalue weighted by atomic mass is 16.6. The summed E-state index contributed by atoms with van der Waals surface area (Å²) in [4.78, 5) is 32.8. The number of anilines is 1. The summed E-state index contributed by atoms with van der Waals surface area (Å²) in [6, 6.07) is 13.4. The molecule has 0 radical (unpaired) electrons. The normalized spacial score (nSPS) is 11.2. The lowest BCUT2D eigenvalue weighted by atomic mass is 10.1. The van der Waals surface area contributed by atoms with Crippen LogP contribution in [-0.4, -0.2) is 40.7 Å². The first kappa shape index (κ1) is 26.7. The zero-order valence-electron chi connectivity index (χ0n) is 21.2. The Kier molecular flexibility index (Phi) is 9.44. The van der Waals surface area contributed by atoms with Crippen LogP contribution in [0.15, 0.2) is 48.7 Å². The number of hydrogen-bond donors (Lipinski definition) is 3. The number of rotatable bonds is 12. The van der Waals surface area contributed by atoms with Gasteiger partial charge >= 0.3 is 6.09 Å². The second kappa shape index (κ2) is 12.7. The molecule has 1 aromatic carbocycles. The largest absolute Gasteiger partial charge is 0.484 e. The second-order valence-electron chi connectivity index (χ2n) is 9.45. The fraction of sp³-hybridized carbons (Fsp3) is 0.407. The Balaban J connectivity index is 1.56. The molecule has 0 aliphatic heterocycles. The SMILES string of the molecule is CC(C)(C)OC(=O)NCCCCCCNc1nc(C(N)=O)c(OCc2ccccc2)c2ncccc12. The minimum absolute atomic E-state index is 0.0489. The van der Waals surface area contributed by atoms with Crippen LogP contribution in [0, 0.1) is 0 Å². The van der Waals surface area contributed by atoms with Crippen molar-refractivity contribution < 1.29 is 19.1 Å². The van der Waals surface area contributed by atoms with Gasteiger partial charge < -0.3 is 25.8 Å². The molecule has 0 aliphatic carbocycles. The molecule has 36 heavy (non-hydrogen) atoms. The number of unbranched alkanes of at least 4 members (excludes halogenated alkanes) is 3. The van der Waals surface area contributed by atoms with E-state index in [1.165, 1.54) is 0 Å². The summed E-state index contributed by atoms with van der Waals surface area (Å²) >= 11 is 0. The van der Waals surface area contributed by atoms with Crippen LogP contribution < -0.4 is 21.1 Å². The third-order valence-electron chi connectivity index (χ3n) is 5.24. The van der Waals surface area contributed by atoms with E-state index < -0.39 is 17.6 Å². The molecular weight excluding hydrogens is 458 g/mol. The Morgan fingerprint density at radius 1 is 0.972 bits per heavy atom. The molecule has 9 heteroatoms. The van der Waals surface area contributed by atoms with Gasteiger partial charge in [-0.05, 0) is 51.3 Å². The van der Waals surface area contributed by atoms with E-state index in [1.54, 1.807) is 6.20 Å². The standard InChI is InChI=1S/C27H35N5O4/c1-27(2,3)36-26(34)31-16-10-5-4-9-15-30-25-20-14-11-17-29-21(20)23(22(32-25)24(28)33)35-18-19-12-7-6-8-13-19/h6-8,11-14,17H,4-5,9-10,15-16,18H2,1-3H3,(H2,28,33)(H,30,32)(H,31,34). The van der Waals surface area contributed by atoms with E-state index in [0.717, 1.165) is 36.6 Å². The number of primary amides is 1. The number of alkyl carbamates (subject to hydrolysis) is 1. The number of pyridine rings is 2. The van der Waals surface area contributed by atoms with Gasteiger partial charge in [-0.25, -0.2) is 9.78 Å². The van der Waals surface area contributed by atoms with Gasteiger partial charge in [-0.3, -0.25) is 9.78 Å². The van der Waals surface area contributed by atoms with E-state index in [-0.39, 0.29) is 18.1 Å². The minimum atomic E-state index is -0.675. The van der Waals surface area contributed by atoms with Crippen molar-refractivity contribution in [2.24, 2.45) is 5.73 Å². The first-order valence-electron chi connectivity index (χ1n) is 12.2. The Labute approximate surface area is 211 Å². The molecule has 2 heterocycles. The lowest BCUT2D eigenvalue weighted by Crippen LogP contribution is -2.32. The van der Waals surface area contributed by atoms with Crippen LogP contribution in [0.5, 0.6) is 5.75 Å². The topological polar surface area (TPSA) is 128 Å². The molecule has 2 amide bonds. The molecule has 0 aliphatic rings. The van der Waals surface area contributed by atoms with Crippen molar-refractivity contribution in [1.29, 1.82) is 0 Å². The predicted octanol–water partition coefficient (Wildman–Crippen LogP) is 4.80. The van der Waals surface area contributed by atoms with Crippen LogP contribution >= 0.6 is 0 Å². The van der Waals surface area contributed by atoms with Crippen LogP contribution in [-0.2, 0) is 11.3 Å². The van der Waals surface area contributed by atoms with Crippen molar-refractivity contribution in [2.45, 2.75) is 58.7 Å². The number of aromatic nitrogens is 2. The Morgan fingerprint density at radius 2 is 1.69 bits per heavy atom. The summed E-state index contributed by atoms with van der Waals surface area (Å²) in [5, 5.41) is 6.84. The van der Waals surface area contributed by atoms with Crippen molar-refractivity contribution in [3.8, 4) is 5.75 Å². The smallest absolute Gasteiger partial charge is 0.407 e. The molecule has 9 nitrogen and oxygen atoms in total. The fourth-order valence-electron chi connectivity index (χ4n) is 3.60. The van der Waals surface area contributed by atoms with E-state index in [2.05, 4.69) is 20.6 Å². The van der Waals surface area contributed by atoms with Gasteiger partial charge in [0.1, 0.15) is 23.5 Å². The number of fused-ring (bicyclic) bond motifs is 1. The number of amides is 2. The summed E-state index contributed by atoms with van der Waals surface area (Å²) < 4.78 is 11.2.